The summed E-state index contributed by atoms with van der Waals surface area (Å²) in [5, 5.41) is 12.8. The van der Waals surface area contributed by atoms with Gasteiger partial charge >= 0.3 is 0 Å². The molecule has 94 valence electrons. The van der Waals surface area contributed by atoms with Crippen LogP contribution in [0, 0.1) is 0 Å². The molecule has 4 nitrogen and oxygen atoms in total. The zero-order valence-electron chi connectivity index (χ0n) is 10.2. The van der Waals surface area contributed by atoms with Crippen molar-refractivity contribution in [2.24, 2.45) is 0 Å². The first kappa shape index (κ1) is 12.3. The van der Waals surface area contributed by atoms with E-state index in [1.807, 2.05) is 0 Å². The Kier molecular flexibility index (Phi) is 4.58. The Balaban J connectivity index is 1.66. The van der Waals surface area contributed by atoms with Gasteiger partial charge in [-0.1, -0.05) is 0 Å². The SMILES string of the molecule is CC1COCCN1CCC(CO)NC1CC1. The van der Waals surface area contributed by atoms with E-state index in [1.165, 1.54) is 12.8 Å². The van der Waals surface area contributed by atoms with Crippen molar-refractivity contribution < 1.29 is 9.84 Å². The average molecular weight is 228 g/mol. The molecule has 2 fully saturated rings. The zero-order chi connectivity index (χ0) is 11.4. The average Bonchev–Trinajstić information content (AvgIpc) is 3.10. The quantitative estimate of drug-likeness (QED) is 0.682. The smallest absolute Gasteiger partial charge is 0.0619 e. The van der Waals surface area contributed by atoms with Crippen LogP contribution in [0.5, 0.6) is 0 Å². The number of ether oxygens (including phenoxy) is 1. The van der Waals surface area contributed by atoms with Gasteiger partial charge in [0, 0.05) is 31.2 Å². The van der Waals surface area contributed by atoms with Crippen molar-refractivity contribution in [2.75, 3.05) is 32.9 Å². The van der Waals surface area contributed by atoms with Gasteiger partial charge in [-0.05, 0) is 26.2 Å². The molecule has 2 N–H and O–H groups in total. The van der Waals surface area contributed by atoms with Gasteiger partial charge in [0.1, 0.15) is 0 Å². The highest BCUT2D eigenvalue weighted by Crippen LogP contribution is 2.20. The lowest BCUT2D eigenvalue weighted by Gasteiger charge is -2.34. The molecule has 0 bridgehead atoms. The summed E-state index contributed by atoms with van der Waals surface area (Å²) in [4.78, 5) is 2.46. The number of nitrogens with one attached hydrogen (secondary N) is 1. The number of hydrogen-bond acceptors (Lipinski definition) is 4. The minimum absolute atomic E-state index is 0.259. The lowest BCUT2D eigenvalue weighted by Crippen LogP contribution is -2.46. The lowest BCUT2D eigenvalue weighted by atomic mass is 10.1. The molecular formula is C12H24N2O2. The van der Waals surface area contributed by atoms with Crippen LogP contribution in [-0.4, -0.2) is 61.0 Å². The Labute approximate surface area is 98.0 Å². The van der Waals surface area contributed by atoms with Crippen LogP contribution in [0.1, 0.15) is 26.2 Å². The van der Waals surface area contributed by atoms with Crippen molar-refractivity contribution in [1.29, 1.82) is 0 Å². The molecule has 2 rings (SSSR count). The molecule has 1 saturated carbocycles. The highest BCUT2D eigenvalue weighted by atomic mass is 16.5. The summed E-state index contributed by atoms with van der Waals surface area (Å²) in [5.41, 5.74) is 0. The molecule has 0 aromatic carbocycles. The second-order valence-corrected chi connectivity index (χ2v) is 5.07. The van der Waals surface area contributed by atoms with Gasteiger partial charge < -0.3 is 15.2 Å². The molecule has 0 radical (unpaired) electrons. The molecular weight excluding hydrogens is 204 g/mol. The van der Waals surface area contributed by atoms with E-state index < -0.39 is 0 Å². The van der Waals surface area contributed by atoms with Crippen LogP contribution < -0.4 is 5.32 Å². The molecule has 2 unspecified atom stereocenters. The molecule has 4 heteroatoms. The second kappa shape index (κ2) is 5.96. The van der Waals surface area contributed by atoms with Gasteiger partial charge in [-0.15, -0.1) is 0 Å². The number of nitrogens with zero attached hydrogens (tertiary/aromatic N) is 1. The maximum absolute atomic E-state index is 9.29. The van der Waals surface area contributed by atoms with E-state index in [0.29, 0.717) is 12.1 Å². The Morgan fingerprint density at radius 2 is 2.31 bits per heavy atom. The van der Waals surface area contributed by atoms with Crippen molar-refractivity contribution in [3.8, 4) is 0 Å². The number of hydrogen-bond donors (Lipinski definition) is 2. The summed E-state index contributed by atoms with van der Waals surface area (Å²) in [6.07, 6.45) is 3.60. The van der Waals surface area contributed by atoms with Crippen LogP contribution in [0.3, 0.4) is 0 Å². The van der Waals surface area contributed by atoms with Gasteiger partial charge in [0.25, 0.3) is 0 Å². The number of morpholine rings is 1. The van der Waals surface area contributed by atoms with E-state index >= 15 is 0 Å². The van der Waals surface area contributed by atoms with E-state index in [2.05, 4.69) is 17.1 Å². The van der Waals surface area contributed by atoms with Gasteiger partial charge in [-0.3, -0.25) is 4.90 Å². The summed E-state index contributed by atoms with van der Waals surface area (Å²) in [7, 11) is 0. The van der Waals surface area contributed by atoms with E-state index in [0.717, 1.165) is 32.7 Å². The molecule has 0 spiro atoms. The van der Waals surface area contributed by atoms with E-state index in [1.54, 1.807) is 0 Å². The highest BCUT2D eigenvalue weighted by Gasteiger charge is 2.25. The molecule has 0 aromatic heterocycles. The van der Waals surface area contributed by atoms with Gasteiger partial charge in [0.2, 0.25) is 0 Å². The first-order valence-electron chi connectivity index (χ1n) is 6.48. The minimum Gasteiger partial charge on any atom is -0.395 e. The molecule has 1 heterocycles. The minimum atomic E-state index is 0.259. The van der Waals surface area contributed by atoms with Crippen molar-refractivity contribution in [1.82, 2.24) is 10.2 Å². The molecule has 0 aromatic rings. The van der Waals surface area contributed by atoms with Crippen LogP contribution in [0.4, 0.5) is 0 Å². The Hall–Kier alpha value is -0.160. The normalized spacial score (nSPS) is 29.2. The fourth-order valence-electron chi connectivity index (χ4n) is 2.23. The predicted molar refractivity (Wildman–Crippen MR) is 63.5 cm³/mol. The molecule has 1 aliphatic heterocycles. The third-order valence-corrected chi connectivity index (χ3v) is 3.54. The van der Waals surface area contributed by atoms with E-state index in [4.69, 9.17) is 4.74 Å². The number of rotatable bonds is 6. The molecule has 2 aliphatic rings. The van der Waals surface area contributed by atoms with E-state index in [9.17, 15) is 5.11 Å². The lowest BCUT2D eigenvalue weighted by molar-refractivity contribution is -0.00256. The highest BCUT2D eigenvalue weighted by molar-refractivity contribution is 4.85. The van der Waals surface area contributed by atoms with Crippen molar-refractivity contribution in [3.05, 3.63) is 0 Å². The van der Waals surface area contributed by atoms with Crippen molar-refractivity contribution in [3.63, 3.8) is 0 Å². The van der Waals surface area contributed by atoms with Crippen molar-refractivity contribution >= 4 is 0 Å². The summed E-state index contributed by atoms with van der Waals surface area (Å²) >= 11 is 0. The van der Waals surface area contributed by atoms with Crippen LogP contribution in [-0.2, 0) is 4.74 Å². The topological polar surface area (TPSA) is 44.7 Å². The van der Waals surface area contributed by atoms with Crippen LogP contribution in [0.15, 0.2) is 0 Å². The molecule has 2 atom stereocenters. The largest absolute Gasteiger partial charge is 0.395 e. The fraction of sp³-hybridized carbons (Fsp3) is 1.00. The van der Waals surface area contributed by atoms with Gasteiger partial charge in [0.05, 0.1) is 19.8 Å². The van der Waals surface area contributed by atoms with Crippen LogP contribution in [0.2, 0.25) is 0 Å². The summed E-state index contributed by atoms with van der Waals surface area (Å²) in [5.74, 6) is 0. The second-order valence-electron chi connectivity index (χ2n) is 5.07. The molecule has 1 saturated heterocycles. The fourth-order valence-corrected chi connectivity index (χ4v) is 2.23. The third-order valence-electron chi connectivity index (χ3n) is 3.54. The molecule has 1 aliphatic carbocycles. The maximum Gasteiger partial charge on any atom is 0.0619 e. The van der Waals surface area contributed by atoms with E-state index in [-0.39, 0.29) is 12.6 Å². The first-order chi connectivity index (χ1) is 7.79. The van der Waals surface area contributed by atoms with Crippen molar-refractivity contribution in [2.45, 2.75) is 44.3 Å². The standard InChI is InChI=1S/C12H24N2O2/c1-10-9-16-7-6-14(10)5-4-12(8-15)13-11-2-3-11/h10-13,15H,2-9H2,1H3. The number of aliphatic hydroxyl groups excluding tert-OH is 1. The Bertz CT molecular complexity index is 209. The number of aliphatic hydroxyl groups is 1. The zero-order valence-corrected chi connectivity index (χ0v) is 10.2. The van der Waals surface area contributed by atoms with Gasteiger partial charge in [-0.25, -0.2) is 0 Å². The molecule has 16 heavy (non-hydrogen) atoms. The third kappa shape index (κ3) is 3.70. The first-order valence-corrected chi connectivity index (χ1v) is 6.48. The summed E-state index contributed by atoms with van der Waals surface area (Å²) in [6, 6.07) is 1.48. The van der Waals surface area contributed by atoms with Crippen LogP contribution >= 0.6 is 0 Å². The molecule has 0 amide bonds. The Morgan fingerprint density at radius 3 is 2.94 bits per heavy atom. The van der Waals surface area contributed by atoms with Gasteiger partial charge in [-0.2, -0.15) is 0 Å². The predicted octanol–water partition coefficient (Wildman–Crippen LogP) is 0.210. The summed E-state index contributed by atoms with van der Waals surface area (Å²) < 4.78 is 5.41. The Morgan fingerprint density at radius 1 is 1.50 bits per heavy atom. The summed E-state index contributed by atoms with van der Waals surface area (Å²) in [6.45, 7) is 6.26. The monoisotopic (exact) mass is 228 g/mol. The van der Waals surface area contributed by atoms with Gasteiger partial charge in [0.15, 0.2) is 0 Å². The maximum atomic E-state index is 9.29. The van der Waals surface area contributed by atoms with Crippen LogP contribution in [0.25, 0.3) is 0 Å².